The molecule has 0 aliphatic rings. The van der Waals surface area contributed by atoms with Gasteiger partial charge in [-0.25, -0.2) is 21.6 Å². The number of halogens is 3. The lowest BCUT2D eigenvalue weighted by molar-refractivity contribution is -0.116. The summed E-state index contributed by atoms with van der Waals surface area (Å²) >= 11 is 0. The molecule has 0 atom stereocenters. The first-order valence-electron chi connectivity index (χ1n) is 9.39. The third-order valence-corrected chi connectivity index (χ3v) is 5.90. The van der Waals surface area contributed by atoms with E-state index in [-0.39, 0.29) is 40.4 Å². The molecule has 0 spiro atoms. The molecule has 0 fully saturated rings. The van der Waals surface area contributed by atoms with Crippen molar-refractivity contribution in [2.45, 2.75) is 17.7 Å². The first kappa shape index (κ1) is 23.1. The molecule has 0 aromatic heterocycles. The van der Waals surface area contributed by atoms with Gasteiger partial charge in [-0.1, -0.05) is 6.07 Å². The Hall–Kier alpha value is -3.53. The highest BCUT2D eigenvalue weighted by Crippen LogP contribution is 2.30. The quantitative estimate of drug-likeness (QED) is 0.515. The number of hydrogen-bond acceptors (Lipinski definition) is 4. The van der Waals surface area contributed by atoms with E-state index >= 15 is 0 Å². The number of amides is 1. The normalized spacial score (nSPS) is 11.1. The molecule has 0 unspecified atom stereocenters. The molecule has 0 heterocycles. The summed E-state index contributed by atoms with van der Waals surface area (Å²) in [5.74, 6) is -2.40. The third kappa shape index (κ3) is 5.58. The Kier molecular flexibility index (Phi) is 7.04. The molecule has 0 aliphatic heterocycles. The predicted octanol–water partition coefficient (Wildman–Crippen LogP) is 4.48. The molecule has 0 saturated carbocycles. The van der Waals surface area contributed by atoms with Gasteiger partial charge in [0.25, 0.3) is 10.0 Å². The van der Waals surface area contributed by atoms with Gasteiger partial charge >= 0.3 is 0 Å². The smallest absolute Gasteiger partial charge is 0.262 e. The monoisotopic (exact) mass is 464 g/mol. The molecule has 0 saturated heterocycles. The molecule has 32 heavy (non-hydrogen) atoms. The highest BCUT2D eigenvalue weighted by Gasteiger charge is 2.18. The Balaban J connectivity index is 1.74. The Morgan fingerprint density at radius 3 is 2.25 bits per heavy atom. The Bertz CT molecular complexity index is 1210. The van der Waals surface area contributed by atoms with Gasteiger partial charge in [0.05, 0.1) is 17.7 Å². The summed E-state index contributed by atoms with van der Waals surface area (Å²) in [6.45, 7) is 0. The Morgan fingerprint density at radius 1 is 0.969 bits per heavy atom. The molecule has 6 nitrogen and oxygen atoms in total. The van der Waals surface area contributed by atoms with E-state index in [0.717, 1.165) is 36.4 Å². The van der Waals surface area contributed by atoms with Gasteiger partial charge in [0.2, 0.25) is 5.91 Å². The number of ether oxygens (including phenoxy) is 1. The van der Waals surface area contributed by atoms with Crippen LogP contribution in [0.1, 0.15) is 12.0 Å². The van der Waals surface area contributed by atoms with Crippen LogP contribution in [0.2, 0.25) is 0 Å². The summed E-state index contributed by atoms with van der Waals surface area (Å²) in [5.41, 5.74) is 0.0847. The van der Waals surface area contributed by atoms with Crippen LogP contribution >= 0.6 is 0 Å². The maximum absolute atomic E-state index is 13.7. The minimum atomic E-state index is -4.06. The Labute approximate surface area is 183 Å². The summed E-state index contributed by atoms with van der Waals surface area (Å²) in [6.07, 6.45) is -0.342. The van der Waals surface area contributed by atoms with Gasteiger partial charge in [-0.05, 0) is 61.0 Å². The van der Waals surface area contributed by atoms with Crippen molar-refractivity contribution in [3.05, 3.63) is 83.7 Å². The van der Waals surface area contributed by atoms with Gasteiger partial charge in [0, 0.05) is 17.7 Å². The maximum Gasteiger partial charge on any atom is 0.262 e. The second kappa shape index (κ2) is 9.73. The number of sulfonamides is 1. The number of anilines is 2. The van der Waals surface area contributed by atoms with E-state index in [9.17, 15) is 26.4 Å². The van der Waals surface area contributed by atoms with Crippen LogP contribution in [0.4, 0.5) is 24.5 Å². The lowest BCUT2D eigenvalue weighted by Gasteiger charge is -2.14. The number of hydrogen-bond donors (Lipinski definition) is 2. The average molecular weight is 464 g/mol. The zero-order chi connectivity index (χ0) is 23.3. The SMILES string of the molecule is COc1ccc(NC(=O)CCc2c(F)cccc2F)cc1NS(=O)(=O)c1ccc(F)cc1. The van der Waals surface area contributed by atoms with Crippen LogP contribution < -0.4 is 14.8 Å². The summed E-state index contributed by atoms with van der Waals surface area (Å²) < 4.78 is 73.2. The molecule has 0 radical (unpaired) electrons. The number of nitrogens with one attached hydrogen (secondary N) is 2. The number of rotatable bonds is 8. The standard InChI is InChI=1S/C22H19F3N2O4S/c1-31-21-11-7-15(26-22(28)12-10-17-18(24)3-2-4-19(17)25)13-20(21)27-32(29,30)16-8-5-14(23)6-9-16/h2-9,11,13,27H,10,12H2,1H3,(H,26,28). The van der Waals surface area contributed by atoms with E-state index in [0.29, 0.717) is 0 Å². The molecular formula is C22H19F3N2O4S. The van der Waals surface area contributed by atoms with Gasteiger partial charge in [-0.3, -0.25) is 9.52 Å². The number of carbonyl (C=O) groups is 1. The fourth-order valence-electron chi connectivity index (χ4n) is 2.92. The molecular weight excluding hydrogens is 445 g/mol. The summed E-state index contributed by atoms with van der Waals surface area (Å²) in [5, 5.41) is 2.55. The van der Waals surface area contributed by atoms with Crippen molar-refractivity contribution in [3.8, 4) is 5.75 Å². The minimum absolute atomic E-state index is 0.0368. The van der Waals surface area contributed by atoms with Crippen molar-refractivity contribution in [1.29, 1.82) is 0 Å². The molecule has 1 amide bonds. The van der Waals surface area contributed by atoms with Crippen molar-refractivity contribution in [1.82, 2.24) is 0 Å². The Morgan fingerprint density at radius 2 is 1.62 bits per heavy atom. The molecule has 168 valence electrons. The molecule has 3 aromatic carbocycles. The summed E-state index contributed by atoms with van der Waals surface area (Å²) in [6, 6.07) is 12.0. The average Bonchev–Trinajstić information content (AvgIpc) is 2.73. The van der Waals surface area contributed by atoms with Crippen molar-refractivity contribution >= 4 is 27.3 Å². The van der Waals surface area contributed by atoms with Crippen LogP contribution in [0.25, 0.3) is 0 Å². The van der Waals surface area contributed by atoms with E-state index in [1.807, 2.05) is 0 Å². The van der Waals surface area contributed by atoms with Gasteiger partial charge in [-0.15, -0.1) is 0 Å². The second-order valence-corrected chi connectivity index (χ2v) is 8.41. The molecule has 10 heteroatoms. The van der Waals surface area contributed by atoms with Crippen LogP contribution in [0.3, 0.4) is 0 Å². The van der Waals surface area contributed by atoms with Crippen LogP contribution in [0.15, 0.2) is 65.6 Å². The topological polar surface area (TPSA) is 84.5 Å². The van der Waals surface area contributed by atoms with Crippen LogP contribution in [0, 0.1) is 17.5 Å². The molecule has 0 aliphatic carbocycles. The number of methoxy groups -OCH3 is 1. The lowest BCUT2D eigenvalue weighted by Crippen LogP contribution is -2.15. The largest absolute Gasteiger partial charge is 0.495 e. The van der Waals surface area contributed by atoms with E-state index < -0.39 is 33.4 Å². The highest BCUT2D eigenvalue weighted by molar-refractivity contribution is 7.92. The predicted molar refractivity (Wildman–Crippen MR) is 114 cm³/mol. The molecule has 3 aromatic rings. The first-order valence-corrected chi connectivity index (χ1v) is 10.9. The summed E-state index contributed by atoms with van der Waals surface area (Å²) in [7, 11) is -2.72. The van der Waals surface area contributed by atoms with Crippen LogP contribution in [-0.2, 0) is 21.2 Å². The second-order valence-electron chi connectivity index (χ2n) is 6.72. The summed E-state index contributed by atoms with van der Waals surface area (Å²) in [4.78, 5) is 12.1. The van der Waals surface area contributed by atoms with E-state index in [1.54, 1.807) is 0 Å². The minimum Gasteiger partial charge on any atom is -0.495 e. The fraction of sp³-hybridized carbons (Fsp3) is 0.136. The maximum atomic E-state index is 13.7. The van der Waals surface area contributed by atoms with Crippen molar-refractivity contribution in [2.75, 3.05) is 17.1 Å². The number of benzene rings is 3. The van der Waals surface area contributed by atoms with E-state index in [1.165, 1.54) is 31.4 Å². The zero-order valence-corrected chi connectivity index (χ0v) is 17.7. The van der Waals surface area contributed by atoms with E-state index in [4.69, 9.17) is 4.74 Å². The molecule has 3 rings (SSSR count). The van der Waals surface area contributed by atoms with Crippen LogP contribution in [-0.4, -0.2) is 21.4 Å². The van der Waals surface area contributed by atoms with Crippen molar-refractivity contribution < 1.29 is 31.1 Å². The van der Waals surface area contributed by atoms with Crippen LogP contribution in [0.5, 0.6) is 5.75 Å². The van der Waals surface area contributed by atoms with Gasteiger partial charge < -0.3 is 10.1 Å². The zero-order valence-electron chi connectivity index (χ0n) is 16.9. The van der Waals surface area contributed by atoms with E-state index in [2.05, 4.69) is 10.0 Å². The first-order chi connectivity index (χ1) is 15.2. The third-order valence-electron chi connectivity index (χ3n) is 4.52. The molecule has 2 N–H and O–H groups in total. The molecule has 0 bridgehead atoms. The van der Waals surface area contributed by atoms with Crippen molar-refractivity contribution in [2.24, 2.45) is 0 Å². The number of carbonyl (C=O) groups excluding carboxylic acids is 1. The lowest BCUT2D eigenvalue weighted by atomic mass is 10.1. The van der Waals surface area contributed by atoms with Gasteiger partial charge in [0.15, 0.2) is 0 Å². The van der Waals surface area contributed by atoms with Gasteiger partial charge in [0.1, 0.15) is 23.2 Å². The van der Waals surface area contributed by atoms with Gasteiger partial charge in [-0.2, -0.15) is 0 Å². The highest BCUT2D eigenvalue weighted by atomic mass is 32.2. The van der Waals surface area contributed by atoms with Crippen molar-refractivity contribution in [3.63, 3.8) is 0 Å². The fourth-order valence-corrected chi connectivity index (χ4v) is 3.98.